The largest absolute Gasteiger partial charge is 0.351 e. The van der Waals surface area contributed by atoms with E-state index in [4.69, 9.17) is 0 Å². The number of nitrogens with one attached hydrogen (secondary N) is 1. The van der Waals surface area contributed by atoms with Crippen molar-refractivity contribution < 1.29 is 18.4 Å². The second-order valence-corrected chi connectivity index (χ2v) is 7.04. The maximum atomic E-state index is 13.7. The number of imide groups is 1. The number of benzene rings is 3. The molecule has 3 aromatic rings. The van der Waals surface area contributed by atoms with Crippen molar-refractivity contribution >= 4 is 17.5 Å². The van der Waals surface area contributed by atoms with E-state index in [1.807, 2.05) is 54.6 Å². The first-order valence-electron chi connectivity index (χ1n) is 9.37. The summed E-state index contributed by atoms with van der Waals surface area (Å²) in [7, 11) is 0. The SMILES string of the molecule is Cc1c(F)cc(NC2=CC(=O)N(Cc3ccc(-c4ccccc4)cc3)C2=O)cc1F. The van der Waals surface area contributed by atoms with Crippen LogP contribution in [0.1, 0.15) is 11.1 Å². The molecule has 3 aromatic carbocycles. The highest BCUT2D eigenvalue weighted by Gasteiger charge is 2.31. The van der Waals surface area contributed by atoms with E-state index in [2.05, 4.69) is 5.32 Å². The third-order valence-corrected chi connectivity index (χ3v) is 4.97. The van der Waals surface area contributed by atoms with Gasteiger partial charge in [0.05, 0.1) is 6.54 Å². The van der Waals surface area contributed by atoms with E-state index in [0.29, 0.717) is 0 Å². The molecule has 0 fully saturated rings. The van der Waals surface area contributed by atoms with Crippen molar-refractivity contribution in [2.45, 2.75) is 13.5 Å². The highest BCUT2D eigenvalue weighted by Crippen LogP contribution is 2.24. The molecule has 1 aliphatic heterocycles. The molecule has 0 saturated carbocycles. The zero-order valence-corrected chi connectivity index (χ0v) is 16.2. The van der Waals surface area contributed by atoms with Gasteiger partial charge in [0.2, 0.25) is 0 Å². The second-order valence-electron chi connectivity index (χ2n) is 7.04. The Morgan fingerprint density at radius 2 is 1.47 bits per heavy atom. The first-order chi connectivity index (χ1) is 14.4. The minimum atomic E-state index is -0.731. The van der Waals surface area contributed by atoms with Crippen LogP contribution in [0.3, 0.4) is 0 Å². The topological polar surface area (TPSA) is 49.4 Å². The van der Waals surface area contributed by atoms with Gasteiger partial charge in [-0.1, -0.05) is 54.6 Å². The van der Waals surface area contributed by atoms with E-state index in [9.17, 15) is 18.4 Å². The number of hydrogen-bond acceptors (Lipinski definition) is 3. The molecule has 0 unspecified atom stereocenters. The summed E-state index contributed by atoms with van der Waals surface area (Å²) in [6.07, 6.45) is 1.14. The molecular formula is C24H18F2N2O2. The fourth-order valence-corrected chi connectivity index (χ4v) is 3.24. The third kappa shape index (κ3) is 3.85. The van der Waals surface area contributed by atoms with Crippen molar-refractivity contribution in [2.75, 3.05) is 5.32 Å². The van der Waals surface area contributed by atoms with Crippen molar-refractivity contribution in [3.63, 3.8) is 0 Å². The van der Waals surface area contributed by atoms with Crippen LogP contribution in [-0.4, -0.2) is 16.7 Å². The van der Waals surface area contributed by atoms with Gasteiger partial charge in [-0.25, -0.2) is 8.78 Å². The Morgan fingerprint density at radius 1 is 0.867 bits per heavy atom. The number of carbonyl (C=O) groups is 2. The molecule has 0 saturated heterocycles. The molecule has 0 radical (unpaired) electrons. The molecule has 0 atom stereocenters. The maximum Gasteiger partial charge on any atom is 0.277 e. The van der Waals surface area contributed by atoms with Crippen molar-refractivity contribution in [2.24, 2.45) is 0 Å². The van der Waals surface area contributed by atoms with Crippen LogP contribution >= 0.6 is 0 Å². The molecule has 2 amide bonds. The van der Waals surface area contributed by atoms with Crippen LogP contribution in [-0.2, 0) is 16.1 Å². The van der Waals surface area contributed by atoms with Crippen LogP contribution in [0.5, 0.6) is 0 Å². The number of anilines is 1. The predicted octanol–water partition coefficient (Wildman–Crippen LogP) is 4.81. The van der Waals surface area contributed by atoms with Gasteiger partial charge in [-0.05, 0) is 35.7 Å². The lowest BCUT2D eigenvalue weighted by Gasteiger charge is -2.16. The van der Waals surface area contributed by atoms with Crippen LogP contribution in [0.25, 0.3) is 11.1 Å². The molecule has 0 spiro atoms. The van der Waals surface area contributed by atoms with Gasteiger partial charge < -0.3 is 5.32 Å². The average Bonchev–Trinajstić information content (AvgIpc) is 3.00. The Balaban J connectivity index is 1.47. The van der Waals surface area contributed by atoms with Crippen molar-refractivity contribution in [3.05, 3.63) is 101 Å². The van der Waals surface area contributed by atoms with Gasteiger partial charge in [0.15, 0.2) is 0 Å². The van der Waals surface area contributed by atoms with Crippen LogP contribution in [0.2, 0.25) is 0 Å². The zero-order chi connectivity index (χ0) is 21.3. The molecule has 1 aliphatic rings. The fourth-order valence-electron chi connectivity index (χ4n) is 3.24. The number of carbonyl (C=O) groups excluding carboxylic acids is 2. The van der Waals surface area contributed by atoms with Crippen molar-refractivity contribution in [3.8, 4) is 11.1 Å². The van der Waals surface area contributed by atoms with Gasteiger partial charge in [0.25, 0.3) is 11.8 Å². The molecule has 30 heavy (non-hydrogen) atoms. The summed E-state index contributed by atoms with van der Waals surface area (Å²) in [5, 5.41) is 2.65. The Labute approximate surface area is 172 Å². The van der Waals surface area contributed by atoms with Crippen LogP contribution in [0.4, 0.5) is 14.5 Å². The summed E-state index contributed by atoms with van der Waals surface area (Å²) in [5.41, 5.74) is 2.83. The van der Waals surface area contributed by atoms with Gasteiger partial charge in [0.1, 0.15) is 17.3 Å². The van der Waals surface area contributed by atoms with E-state index in [0.717, 1.165) is 39.8 Å². The van der Waals surface area contributed by atoms with E-state index >= 15 is 0 Å². The molecule has 1 heterocycles. The molecule has 4 nitrogen and oxygen atoms in total. The summed E-state index contributed by atoms with van der Waals surface area (Å²) in [4.78, 5) is 26.0. The van der Waals surface area contributed by atoms with E-state index in [-0.39, 0.29) is 23.5 Å². The lowest BCUT2D eigenvalue weighted by atomic mass is 10.0. The summed E-state index contributed by atoms with van der Waals surface area (Å²) >= 11 is 0. The fraction of sp³-hybridized carbons (Fsp3) is 0.0833. The van der Waals surface area contributed by atoms with Crippen LogP contribution in [0, 0.1) is 18.6 Å². The van der Waals surface area contributed by atoms with Gasteiger partial charge in [-0.2, -0.15) is 0 Å². The minimum Gasteiger partial charge on any atom is -0.351 e. The Kier molecular flexibility index (Phi) is 5.14. The highest BCUT2D eigenvalue weighted by molar-refractivity contribution is 6.17. The minimum absolute atomic E-state index is 0.0245. The average molecular weight is 404 g/mol. The van der Waals surface area contributed by atoms with E-state index < -0.39 is 23.4 Å². The van der Waals surface area contributed by atoms with E-state index in [1.54, 1.807) is 0 Å². The van der Waals surface area contributed by atoms with Crippen LogP contribution < -0.4 is 5.32 Å². The normalized spacial score (nSPS) is 13.6. The Bertz CT molecular complexity index is 1130. The summed E-state index contributed by atoms with van der Waals surface area (Å²) < 4.78 is 27.5. The molecule has 0 aliphatic carbocycles. The lowest BCUT2D eigenvalue weighted by Crippen LogP contribution is -2.31. The summed E-state index contributed by atoms with van der Waals surface area (Å²) in [6.45, 7) is 1.42. The standard InChI is InChI=1S/C24H18F2N2O2/c1-15-20(25)11-19(12-21(15)26)27-22-13-23(29)28(24(22)30)14-16-7-9-18(10-8-16)17-5-3-2-4-6-17/h2-13,27H,14H2,1H3. The van der Waals surface area contributed by atoms with Gasteiger partial charge in [0, 0.05) is 17.3 Å². The number of halogens is 2. The number of amides is 2. The number of rotatable bonds is 5. The monoisotopic (exact) mass is 404 g/mol. The quantitative estimate of drug-likeness (QED) is 0.621. The Hall–Kier alpha value is -3.80. The molecule has 6 heteroatoms. The zero-order valence-electron chi connectivity index (χ0n) is 16.2. The molecule has 1 N–H and O–H groups in total. The third-order valence-electron chi connectivity index (χ3n) is 4.97. The highest BCUT2D eigenvalue weighted by atomic mass is 19.1. The van der Waals surface area contributed by atoms with Crippen molar-refractivity contribution in [1.29, 1.82) is 0 Å². The van der Waals surface area contributed by atoms with Gasteiger partial charge in [-0.3, -0.25) is 14.5 Å². The predicted molar refractivity (Wildman–Crippen MR) is 110 cm³/mol. The van der Waals surface area contributed by atoms with Gasteiger partial charge >= 0.3 is 0 Å². The molecule has 150 valence electrons. The molecule has 4 rings (SSSR count). The number of hydrogen-bond donors (Lipinski definition) is 1. The second kappa shape index (κ2) is 7.91. The van der Waals surface area contributed by atoms with Crippen molar-refractivity contribution in [1.82, 2.24) is 4.90 Å². The first-order valence-corrected chi connectivity index (χ1v) is 9.37. The number of nitrogens with zero attached hydrogens (tertiary/aromatic N) is 1. The lowest BCUT2D eigenvalue weighted by molar-refractivity contribution is -0.137. The first kappa shape index (κ1) is 19.5. The summed E-state index contributed by atoms with van der Waals surface area (Å²) in [6, 6.07) is 19.6. The Morgan fingerprint density at radius 3 is 2.10 bits per heavy atom. The van der Waals surface area contributed by atoms with Gasteiger partial charge in [-0.15, -0.1) is 0 Å². The molecular weight excluding hydrogens is 386 g/mol. The molecule has 0 aromatic heterocycles. The van der Waals surface area contributed by atoms with E-state index in [1.165, 1.54) is 6.92 Å². The smallest absolute Gasteiger partial charge is 0.277 e. The maximum absolute atomic E-state index is 13.7. The van der Waals surface area contributed by atoms with Crippen LogP contribution in [0.15, 0.2) is 78.5 Å². The molecule has 0 bridgehead atoms. The summed E-state index contributed by atoms with van der Waals surface area (Å²) in [5.74, 6) is -2.49.